The van der Waals surface area contributed by atoms with Crippen LogP contribution < -0.4 is 10.7 Å². The van der Waals surface area contributed by atoms with Crippen LogP contribution in [-0.2, 0) is 0 Å². The van der Waals surface area contributed by atoms with Gasteiger partial charge in [-0.25, -0.2) is 4.98 Å². The van der Waals surface area contributed by atoms with E-state index in [1.807, 2.05) is 18.2 Å². The van der Waals surface area contributed by atoms with Crippen LogP contribution in [0.4, 0.5) is 0 Å². The predicted molar refractivity (Wildman–Crippen MR) is 150 cm³/mol. The number of hydrogen-bond donors (Lipinski definition) is 1. The van der Waals surface area contributed by atoms with Crippen molar-refractivity contribution in [2.24, 2.45) is 11.8 Å². The van der Waals surface area contributed by atoms with Crippen molar-refractivity contribution in [3.8, 4) is 0 Å². The van der Waals surface area contributed by atoms with Crippen LogP contribution in [0.3, 0.4) is 0 Å². The first-order valence-electron chi connectivity index (χ1n) is 15.1. The summed E-state index contributed by atoms with van der Waals surface area (Å²) in [5, 5.41) is 20.0. The summed E-state index contributed by atoms with van der Waals surface area (Å²) in [6.45, 7) is 1.11. The van der Waals surface area contributed by atoms with Crippen LogP contribution in [0.2, 0.25) is 0 Å². The van der Waals surface area contributed by atoms with Gasteiger partial charge in [0.25, 0.3) is 5.56 Å². The van der Waals surface area contributed by atoms with E-state index in [1.54, 1.807) is 10.6 Å². The number of piperidine rings is 2. The minimum absolute atomic E-state index is 0.0168. The number of carbonyl (C=O) groups excluding carboxylic acids is 1. The van der Waals surface area contributed by atoms with Crippen molar-refractivity contribution in [1.29, 1.82) is 0 Å². The first-order valence-corrected chi connectivity index (χ1v) is 15.1. The molecule has 2 saturated carbocycles. The first kappa shape index (κ1) is 28.2. The van der Waals surface area contributed by atoms with Gasteiger partial charge in [0, 0.05) is 24.2 Å². The lowest BCUT2D eigenvalue weighted by Gasteiger charge is -2.55. The van der Waals surface area contributed by atoms with Gasteiger partial charge < -0.3 is 24.1 Å². The van der Waals surface area contributed by atoms with Crippen molar-refractivity contribution >= 4 is 17.0 Å². The summed E-state index contributed by atoms with van der Waals surface area (Å²) in [5.74, 6) is 0.326. The Kier molecular flexibility index (Phi) is 8.45. The molecular formula is C31H46N4O4. The quantitative estimate of drug-likeness (QED) is 0.588. The van der Waals surface area contributed by atoms with E-state index in [-0.39, 0.29) is 12.6 Å². The number of carbonyl (C=O) groups is 1. The van der Waals surface area contributed by atoms with Gasteiger partial charge in [-0.3, -0.25) is 9.69 Å². The van der Waals surface area contributed by atoms with Gasteiger partial charge in [-0.1, -0.05) is 37.8 Å². The molecule has 8 heteroatoms. The van der Waals surface area contributed by atoms with Crippen molar-refractivity contribution in [3.63, 3.8) is 0 Å². The molecule has 2 aromatic rings. The number of hydrogen-bond acceptors (Lipinski definition) is 6. The molecule has 1 aromatic carbocycles. The highest BCUT2D eigenvalue weighted by Gasteiger charge is 2.45. The minimum Gasteiger partial charge on any atom is -0.543 e. The van der Waals surface area contributed by atoms with Gasteiger partial charge in [0.15, 0.2) is 5.69 Å². The van der Waals surface area contributed by atoms with Crippen molar-refractivity contribution in [3.05, 3.63) is 40.3 Å². The van der Waals surface area contributed by atoms with Crippen LogP contribution >= 0.6 is 0 Å². The molecule has 4 fully saturated rings. The molecule has 214 valence electrons. The van der Waals surface area contributed by atoms with Crippen LogP contribution in [-0.4, -0.2) is 82.4 Å². The molecule has 0 spiro atoms. The molecular weight excluding hydrogens is 492 g/mol. The number of carboxylic acids is 1. The average molecular weight is 539 g/mol. The van der Waals surface area contributed by atoms with Crippen LogP contribution in [0.15, 0.2) is 29.1 Å². The molecule has 2 aliphatic heterocycles. The Morgan fingerprint density at radius 3 is 2.10 bits per heavy atom. The summed E-state index contributed by atoms with van der Waals surface area (Å²) in [4.78, 5) is 31.9. The van der Waals surface area contributed by atoms with E-state index in [0.29, 0.717) is 23.6 Å². The van der Waals surface area contributed by atoms with Crippen molar-refractivity contribution in [2.45, 2.75) is 94.8 Å². The Hall–Kier alpha value is -2.29. The predicted octanol–water partition coefficient (Wildman–Crippen LogP) is 2.97. The molecule has 4 aliphatic rings. The van der Waals surface area contributed by atoms with Crippen molar-refractivity contribution in [1.82, 2.24) is 14.5 Å². The number of quaternary nitrogens is 1. The van der Waals surface area contributed by atoms with E-state index in [2.05, 4.69) is 31.0 Å². The standard InChI is InChI=1S/C26H33N3O3.C5H14NO/c30-25-24(26(31)32)27-22-9-1-2-10-23(22)29(25)21-14-18-7-4-8-19(15-21)28(18)20-12-16-5-3-6-17(11-16)13-20;1-6(2,3)4-5-7/h1-2,9-10,16-21H,3-8,11-15H2,(H,31,32);7H,4-5H2,1-3H3/q;+1/p-1/t16?,17?,18-,19+,20?,21?;. The summed E-state index contributed by atoms with van der Waals surface area (Å²) >= 11 is 0. The third kappa shape index (κ3) is 6.23. The maximum absolute atomic E-state index is 13.2. The fraction of sp³-hybridized carbons (Fsp3) is 0.710. The third-order valence-electron chi connectivity index (χ3n) is 9.65. The molecule has 8 nitrogen and oxygen atoms in total. The highest BCUT2D eigenvalue weighted by atomic mass is 16.4. The van der Waals surface area contributed by atoms with Gasteiger partial charge in [0.2, 0.25) is 0 Å². The summed E-state index contributed by atoms with van der Waals surface area (Å²) in [6.07, 6.45) is 13.8. The molecule has 6 rings (SSSR count). The smallest absolute Gasteiger partial charge is 0.279 e. The number of aromatic nitrogens is 2. The van der Waals surface area contributed by atoms with Crippen LogP contribution in [0.5, 0.6) is 0 Å². The van der Waals surface area contributed by atoms with E-state index in [4.69, 9.17) is 5.11 Å². The number of rotatable bonds is 5. The second-order valence-electron chi connectivity index (χ2n) is 13.5. The van der Waals surface area contributed by atoms with Crippen LogP contribution in [0, 0.1) is 11.8 Å². The molecule has 5 atom stereocenters. The van der Waals surface area contributed by atoms with Gasteiger partial charge in [-0.15, -0.1) is 0 Å². The molecule has 39 heavy (non-hydrogen) atoms. The number of aliphatic hydroxyl groups excluding tert-OH is 1. The topological polar surface area (TPSA) is 98.5 Å². The number of benzene rings is 1. The lowest BCUT2D eigenvalue weighted by molar-refractivity contribution is -0.870. The fourth-order valence-corrected chi connectivity index (χ4v) is 8.09. The molecule has 4 bridgehead atoms. The Morgan fingerprint density at radius 1 is 0.923 bits per heavy atom. The Morgan fingerprint density at radius 2 is 1.54 bits per heavy atom. The zero-order valence-corrected chi connectivity index (χ0v) is 23.9. The first-order chi connectivity index (χ1) is 18.6. The zero-order valence-electron chi connectivity index (χ0n) is 23.9. The molecule has 1 N–H and O–H groups in total. The fourth-order valence-electron chi connectivity index (χ4n) is 8.09. The number of aliphatic hydroxyl groups is 1. The van der Waals surface area contributed by atoms with Crippen LogP contribution in [0.1, 0.15) is 87.2 Å². The van der Waals surface area contributed by atoms with E-state index in [9.17, 15) is 14.7 Å². The molecule has 3 unspecified atom stereocenters. The number of fused-ring (bicyclic) bond motifs is 5. The molecule has 0 radical (unpaired) electrons. The van der Waals surface area contributed by atoms with Crippen molar-refractivity contribution < 1.29 is 19.5 Å². The zero-order chi connectivity index (χ0) is 27.7. The van der Waals surface area contributed by atoms with Gasteiger partial charge in [0.05, 0.1) is 44.8 Å². The maximum atomic E-state index is 13.2. The van der Waals surface area contributed by atoms with E-state index in [0.717, 1.165) is 41.2 Å². The van der Waals surface area contributed by atoms with E-state index >= 15 is 0 Å². The normalized spacial score (nSPS) is 30.9. The van der Waals surface area contributed by atoms with Gasteiger partial charge in [-0.2, -0.15) is 0 Å². The summed E-state index contributed by atoms with van der Waals surface area (Å²) in [7, 11) is 6.16. The second kappa shape index (κ2) is 11.7. The minimum atomic E-state index is -1.49. The Balaban J connectivity index is 0.000000392. The Labute approximate surface area is 232 Å². The van der Waals surface area contributed by atoms with E-state index < -0.39 is 17.2 Å². The average Bonchev–Trinajstić information content (AvgIpc) is 2.87. The van der Waals surface area contributed by atoms with Crippen LogP contribution in [0.25, 0.3) is 11.0 Å². The van der Waals surface area contributed by atoms with Gasteiger partial charge in [0.1, 0.15) is 6.54 Å². The summed E-state index contributed by atoms with van der Waals surface area (Å²) in [6, 6.07) is 9.10. The third-order valence-corrected chi connectivity index (χ3v) is 9.65. The van der Waals surface area contributed by atoms with E-state index in [1.165, 1.54) is 57.8 Å². The SMILES string of the molecule is C[N+](C)(C)CCO.O=C([O-])c1nc2ccccc2n(C2C[C@H]3CCC[C@@H](C2)N3C2CC3CCCC(C3)C2)c1=O. The highest BCUT2D eigenvalue weighted by Crippen LogP contribution is 2.47. The number of para-hydroxylation sites is 2. The van der Waals surface area contributed by atoms with Gasteiger partial charge >= 0.3 is 0 Å². The van der Waals surface area contributed by atoms with Crippen molar-refractivity contribution in [2.75, 3.05) is 34.3 Å². The molecule has 2 saturated heterocycles. The summed E-state index contributed by atoms with van der Waals surface area (Å²) in [5.41, 5.74) is 0.328. The van der Waals surface area contributed by atoms with Gasteiger partial charge in [-0.05, 0) is 68.9 Å². The lowest BCUT2D eigenvalue weighted by atomic mass is 9.68. The molecule has 3 heterocycles. The Bertz CT molecular complexity index is 1200. The second-order valence-corrected chi connectivity index (χ2v) is 13.5. The lowest BCUT2D eigenvalue weighted by Crippen LogP contribution is -2.58. The number of aromatic carboxylic acids is 1. The number of likely N-dealkylation sites (N-methyl/N-ethyl adjacent to an activating group) is 1. The molecule has 0 amide bonds. The monoisotopic (exact) mass is 538 g/mol. The number of carboxylic acid groups (broad SMARTS) is 1. The molecule has 1 aromatic heterocycles. The maximum Gasteiger partial charge on any atom is 0.279 e. The highest BCUT2D eigenvalue weighted by molar-refractivity contribution is 5.86. The molecule has 2 aliphatic carbocycles. The summed E-state index contributed by atoms with van der Waals surface area (Å²) < 4.78 is 2.59. The number of nitrogens with zero attached hydrogens (tertiary/aromatic N) is 4. The largest absolute Gasteiger partial charge is 0.543 e.